The van der Waals surface area contributed by atoms with Crippen LogP contribution in [0.25, 0.3) is 0 Å². The van der Waals surface area contributed by atoms with Crippen LogP contribution in [0.2, 0.25) is 0 Å². The summed E-state index contributed by atoms with van der Waals surface area (Å²) in [5.41, 5.74) is 1.76. The summed E-state index contributed by atoms with van der Waals surface area (Å²) in [6.07, 6.45) is 0. The first kappa shape index (κ1) is 22.7. The highest BCUT2D eigenvalue weighted by atomic mass is 16.5. The average Bonchev–Trinajstić information content (AvgIpc) is 2.83. The fourth-order valence-electron chi connectivity index (χ4n) is 3.09. The first-order chi connectivity index (χ1) is 15.5. The second-order valence-electron chi connectivity index (χ2n) is 7.04. The molecular weight excluding hydrogens is 408 g/mol. The summed E-state index contributed by atoms with van der Waals surface area (Å²) < 4.78 is 16.0. The maximum atomic E-state index is 12.8. The molecule has 3 aromatic rings. The van der Waals surface area contributed by atoms with Gasteiger partial charge in [0.05, 0.1) is 31.5 Å². The number of anilines is 1. The zero-order chi connectivity index (χ0) is 22.9. The summed E-state index contributed by atoms with van der Waals surface area (Å²) in [4.78, 5) is 25.3. The Balaban J connectivity index is 1.64. The number of ether oxygens (including phenoxy) is 3. The minimum absolute atomic E-state index is 0.182. The molecule has 0 saturated carbocycles. The van der Waals surface area contributed by atoms with E-state index in [9.17, 15) is 9.59 Å². The first-order valence-electron chi connectivity index (χ1n) is 10.1. The number of nitrogens with one attached hydrogen (secondary N) is 2. The standard InChI is InChI=1S/C25H26N2O5/c1-17(18-9-5-4-6-10-18)26-25(29)22-11-7-8-12-23(22)27-24(28)16-32-21-14-19(30-2)13-20(15-21)31-3/h4-15,17H,16H2,1-3H3,(H,26,29)(H,27,28)/t17-/m1/s1. The number of rotatable bonds is 9. The highest BCUT2D eigenvalue weighted by Crippen LogP contribution is 2.27. The molecule has 0 fully saturated rings. The van der Waals surface area contributed by atoms with Crippen LogP contribution >= 0.6 is 0 Å². The Kier molecular flexibility index (Phi) is 7.70. The molecule has 7 nitrogen and oxygen atoms in total. The summed E-state index contributed by atoms with van der Waals surface area (Å²) in [6, 6.07) is 21.3. The van der Waals surface area contributed by atoms with Crippen molar-refractivity contribution in [2.75, 3.05) is 26.1 Å². The van der Waals surface area contributed by atoms with Gasteiger partial charge >= 0.3 is 0 Å². The molecule has 2 N–H and O–H groups in total. The Morgan fingerprint density at radius 1 is 0.844 bits per heavy atom. The number of para-hydroxylation sites is 1. The van der Waals surface area contributed by atoms with Crippen molar-refractivity contribution in [3.63, 3.8) is 0 Å². The Labute approximate surface area is 187 Å². The van der Waals surface area contributed by atoms with Crippen molar-refractivity contribution in [1.29, 1.82) is 0 Å². The van der Waals surface area contributed by atoms with Crippen LogP contribution in [0.5, 0.6) is 17.2 Å². The van der Waals surface area contributed by atoms with Crippen molar-refractivity contribution in [1.82, 2.24) is 5.32 Å². The lowest BCUT2D eigenvalue weighted by atomic mass is 10.1. The van der Waals surface area contributed by atoms with E-state index in [1.165, 1.54) is 14.2 Å². The van der Waals surface area contributed by atoms with E-state index >= 15 is 0 Å². The van der Waals surface area contributed by atoms with Crippen molar-refractivity contribution in [3.05, 3.63) is 83.9 Å². The second-order valence-corrected chi connectivity index (χ2v) is 7.04. The van der Waals surface area contributed by atoms with Crippen LogP contribution in [-0.4, -0.2) is 32.6 Å². The largest absolute Gasteiger partial charge is 0.496 e. The lowest BCUT2D eigenvalue weighted by Crippen LogP contribution is -2.28. The normalized spacial score (nSPS) is 11.2. The fraction of sp³-hybridized carbons (Fsp3) is 0.200. The van der Waals surface area contributed by atoms with Gasteiger partial charge in [-0.1, -0.05) is 42.5 Å². The van der Waals surface area contributed by atoms with E-state index in [0.717, 1.165) is 5.56 Å². The van der Waals surface area contributed by atoms with Gasteiger partial charge in [0.1, 0.15) is 17.2 Å². The van der Waals surface area contributed by atoms with E-state index in [1.807, 2.05) is 37.3 Å². The van der Waals surface area contributed by atoms with E-state index in [1.54, 1.807) is 42.5 Å². The summed E-state index contributed by atoms with van der Waals surface area (Å²) in [6.45, 7) is 1.66. The van der Waals surface area contributed by atoms with Gasteiger partial charge in [-0.25, -0.2) is 0 Å². The van der Waals surface area contributed by atoms with Gasteiger partial charge < -0.3 is 24.8 Å². The highest BCUT2D eigenvalue weighted by molar-refractivity contribution is 6.04. The third kappa shape index (κ3) is 6.01. The van der Waals surface area contributed by atoms with Crippen LogP contribution < -0.4 is 24.8 Å². The van der Waals surface area contributed by atoms with E-state index < -0.39 is 5.91 Å². The van der Waals surface area contributed by atoms with Crippen LogP contribution in [-0.2, 0) is 4.79 Å². The van der Waals surface area contributed by atoms with Crippen LogP contribution in [0.1, 0.15) is 28.9 Å². The summed E-state index contributed by atoms with van der Waals surface area (Å²) in [5.74, 6) is 0.849. The number of carbonyl (C=O) groups excluding carboxylic acids is 2. The molecule has 0 aliphatic rings. The Morgan fingerprint density at radius 3 is 2.09 bits per heavy atom. The number of benzene rings is 3. The molecule has 3 rings (SSSR count). The minimum atomic E-state index is -0.400. The molecule has 32 heavy (non-hydrogen) atoms. The monoisotopic (exact) mass is 434 g/mol. The SMILES string of the molecule is COc1cc(OC)cc(OCC(=O)Nc2ccccc2C(=O)N[C@H](C)c2ccccc2)c1. The molecule has 7 heteroatoms. The number of amides is 2. The minimum Gasteiger partial charge on any atom is -0.496 e. The number of hydrogen-bond donors (Lipinski definition) is 2. The van der Waals surface area contributed by atoms with Crippen molar-refractivity contribution in [2.24, 2.45) is 0 Å². The zero-order valence-electron chi connectivity index (χ0n) is 18.3. The quantitative estimate of drug-likeness (QED) is 0.527. The van der Waals surface area contributed by atoms with Crippen LogP contribution in [0.3, 0.4) is 0 Å². The maximum absolute atomic E-state index is 12.8. The van der Waals surface area contributed by atoms with Crippen LogP contribution in [0, 0.1) is 0 Å². The van der Waals surface area contributed by atoms with Crippen molar-refractivity contribution < 1.29 is 23.8 Å². The number of methoxy groups -OCH3 is 2. The molecule has 0 bridgehead atoms. The van der Waals surface area contributed by atoms with Crippen molar-refractivity contribution in [2.45, 2.75) is 13.0 Å². The van der Waals surface area contributed by atoms with Gasteiger partial charge in [0, 0.05) is 18.2 Å². The van der Waals surface area contributed by atoms with Crippen molar-refractivity contribution in [3.8, 4) is 17.2 Å². The summed E-state index contributed by atoms with van der Waals surface area (Å²) >= 11 is 0. The second kappa shape index (κ2) is 10.9. The van der Waals surface area contributed by atoms with Gasteiger partial charge in [0.2, 0.25) is 0 Å². The van der Waals surface area contributed by atoms with Gasteiger partial charge in [-0.3, -0.25) is 9.59 Å². The molecule has 0 aromatic heterocycles. The predicted octanol–water partition coefficient (Wildman–Crippen LogP) is 4.21. The molecule has 0 radical (unpaired) electrons. The van der Waals surface area contributed by atoms with Gasteiger partial charge in [-0.2, -0.15) is 0 Å². The maximum Gasteiger partial charge on any atom is 0.262 e. The van der Waals surface area contributed by atoms with Gasteiger partial charge in [0.25, 0.3) is 11.8 Å². The molecule has 166 valence electrons. The van der Waals surface area contributed by atoms with E-state index in [2.05, 4.69) is 10.6 Å². The predicted molar refractivity (Wildman–Crippen MR) is 122 cm³/mol. The Bertz CT molecular complexity index is 1050. The highest BCUT2D eigenvalue weighted by Gasteiger charge is 2.16. The molecule has 0 saturated heterocycles. The van der Waals surface area contributed by atoms with Crippen LogP contribution in [0.15, 0.2) is 72.8 Å². The first-order valence-corrected chi connectivity index (χ1v) is 10.1. The molecule has 2 amide bonds. The van der Waals surface area contributed by atoms with Crippen LogP contribution in [0.4, 0.5) is 5.69 Å². The molecule has 0 aliphatic heterocycles. The molecule has 3 aromatic carbocycles. The van der Waals surface area contributed by atoms with E-state index in [0.29, 0.717) is 28.5 Å². The van der Waals surface area contributed by atoms with E-state index in [-0.39, 0.29) is 18.6 Å². The molecule has 0 unspecified atom stereocenters. The topological polar surface area (TPSA) is 85.9 Å². The Morgan fingerprint density at radius 2 is 1.44 bits per heavy atom. The third-order valence-electron chi connectivity index (χ3n) is 4.79. The molecule has 0 aliphatic carbocycles. The lowest BCUT2D eigenvalue weighted by molar-refractivity contribution is -0.118. The lowest BCUT2D eigenvalue weighted by Gasteiger charge is -2.16. The van der Waals surface area contributed by atoms with E-state index in [4.69, 9.17) is 14.2 Å². The number of hydrogen-bond acceptors (Lipinski definition) is 5. The van der Waals surface area contributed by atoms with Gasteiger partial charge in [-0.05, 0) is 24.6 Å². The molecule has 1 atom stereocenters. The molecule has 0 spiro atoms. The molecular formula is C25H26N2O5. The van der Waals surface area contributed by atoms with Crippen molar-refractivity contribution >= 4 is 17.5 Å². The summed E-state index contributed by atoms with van der Waals surface area (Å²) in [7, 11) is 3.07. The number of carbonyl (C=O) groups is 2. The Hall–Kier alpha value is -4.00. The average molecular weight is 434 g/mol. The molecule has 0 heterocycles. The summed E-state index contributed by atoms with van der Waals surface area (Å²) in [5, 5.41) is 5.70. The fourth-order valence-corrected chi connectivity index (χ4v) is 3.09. The zero-order valence-corrected chi connectivity index (χ0v) is 18.3. The smallest absolute Gasteiger partial charge is 0.262 e. The third-order valence-corrected chi connectivity index (χ3v) is 4.79. The van der Waals surface area contributed by atoms with Gasteiger partial charge in [0.15, 0.2) is 6.61 Å². The van der Waals surface area contributed by atoms with Gasteiger partial charge in [-0.15, -0.1) is 0 Å².